The highest BCUT2D eigenvalue weighted by Crippen LogP contribution is 2.32. The van der Waals surface area contributed by atoms with Gasteiger partial charge in [-0.25, -0.2) is 9.97 Å². The van der Waals surface area contributed by atoms with Gasteiger partial charge in [0.15, 0.2) is 0 Å². The average Bonchev–Trinajstić information content (AvgIpc) is 2.93. The Bertz CT molecular complexity index is 745. The molecule has 0 bridgehead atoms. The van der Waals surface area contributed by atoms with Crippen LogP contribution in [0.4, 0.5) is 5.95 Å². The van der Waals surface area contributed by atoms with E-state index in [1.165, 1.54) is 49.6 Å². The van der Waals surface area contributed by atoms with E-state index in [0.29, 0.717) is 12.0 Å². The lowest BCUT2D eigenvalue weighted by atomic mass is 9.95. The molecule has 25 heavy (non-hydrogen) atoms. The summed E-state index contributed by atoms with van der Waals surface area (Å²) in [4.78, 5) is 19.9. The Morgan fingerprint density at radius 1 is 1.20 bits per heavy atom. The fourth-order valence-electron chi connectivity index (χ4n) is 3.56. The Balaban J connectivity index is 1.64. The van der Waals surface area contributed by atoms with Crippen LogP contribution in [0.25, 0.3) is 6.08 Å². The number of rotatable bonds is 5. The van der Waals surface area contributed by atoms with Crippen LogP contribution in [0.15, 0.2) is 30.6 Å². The highest BCUT2D eigenvalue weighted by atomic mass is 16.2. The van der Waals surface area contributed by atoms with Crippen LogP contribution in [0.5, 0.6) is 0 Å². The van der Waals surface area contributed by atoms with Crippen molar-refractivity contribution in [3.63, 3.8) is 0 Å². The highest BCUT2D eigenvalue weighted by molar-refractivity contribution is 5.92. The number of carbonyl (C=O) groups excluding carboxylic acids is 1. The number of hydrogen-bond acceptors (Lipinski definition) is 4. The van der Waals surface area contributed by atoms with E-state index in [1.54, 1.807) is 18.5 Å². The fourth-order valence-corrected chi connectivity index (χ4v) is 3.56. The number of nitrogens with zero attached hydrogens (tertiary/aromatic N) is 3. The molecular formula is C19H25N5O. The van der Waals surface area contributed by atoms with Gasteiger partial charge < -0.3 is 4.57 Å². The molecule has 0 radical (unpaired) electrons. The van der Waals surface area contributed by atoms with Crippen LogP contribution in [0.1, 0.15) is 55.1 Å². The summed E-state index contributed by atoms with van der Waals surface area (Å²) >= 11 is 0. The molecule has 0 atom stereocenters. The summed E-state index contributed by atoms with van der Waals surface area (Å²) in [5.41, 5.74) is 8.84. The largest absolute Gasteiger partial charge is 0.346 e. The van der Waals surface area contributed by atoms with E-state index in [0.717, 1.165) is 5.56 Å². The van der Waals surface area contributed by atoms with Crippen molar-refractivity contribution >= 4 is 17.9 Å². The van der Waals surface area contributed by atoms with Gasteiger partial charge in [0.05, 0.1) is 0 Å². The zero-order chi connectivity index (χ0) is 17.6. The lowest BCUT2D eigenvalue weighted by molar-refractivity contribution is -0.116. The number of aromatic nitrogens is 3. The molecule has 0 aromatic carbocycles. The van der Waals surface area contributed by atoms with Crippen molar-refractivity contribution in [2.75, 3.05) is 5.43 Å². The van der Waals surface area contributed by atoms with Gasteiger partial charge >= 0.3 is 0 Å². The maximum Gasteiger partial charge on any atom is 0.262 e. The minimum atomic E-state index is -0.241. The zero-order valence-corrected chi connectivity index (χ0v) is 14.8. The predicted molar refractivity (Wildman–Crippen MR) is 98.9 cm³/mol. The summed E-state index contributed by atoms with van der Waals surface area (Å²) in [5, 5.41) is 0. The molecule has 2 aromatic heterocycles. The first kappa shape index (κ1) is 17.2. The van der Waals surface area contributed by atoms with Crippen molar-refractivity contribution in [3.05, 3.63) is 47.6 Å². The molecule has 1 aliphatic carbocycles. The first-order valence-electron chi connectivity index (χ1n) is 8.84. The van der Waals surface area contributed by atoms with Crippen LogP contribution in [-0.2, 0) is 4.79 Å². The lowest BCUT2D eigenvalue weighted by Gasteiger charge is -2.26. The predicted octanol–water partition coefficient (Wildman–Crippen LogP) is 3.56. The minimum absolute atomic E-state index is 0.241. The Labute approximate surface area is 148 Å². The summed E-state index contributed by atoms with van der Waals surface area (Å²) in [6.45, 7) is 4.28. The smallest absolute Gasteiger partial charge is 0.262 e. The lowest BCUT2D eigenvalue weighted by Crippen LogP contribution is -2.28. The van der Waals surface area contributed by atoms with Crippen molar-refractivity contribution in [2.24, 2.45) is 0 Å². The van der Waals surface area contributed by atoms with Crippen LogP contribution in [0.2, 0.25) is 0 Å². The molecule has 3 rings (SSSR count). The van der Waals surface area contributed by atoms with Gasteiger partial charge in [0.2, 0.25) is 5.95 Å². The normalized spacial score (nSPS) is 15.4. The molecule has 0 aliphatic heterocycles. The first-order valence-corrected chi connectivity index (χ1v) is 8.84. The molecule has 0 spiro atoms. The molecule has 1 amide bonds. The second-order valence-corrected chi connectivity index (χ2v) is 6.51. The van der Waals surface area contributed by atoms with Gasteiger partial charge in [-0.3, -0.25) is 15.6 Å². The van der Waals surface area contributed by atoms with Crippen LogP contribution < -0.4 is 10.9 Å². The highest BCUT2D eigenvalue weighted by Gasteiger charge is 2.19. The summed E-state index contributed by atoms with van der Waals surface area (Å²) in [6, 6.07) is 4.47. The van der Waals surface area contributed by atoms with Crippen molar-refractivity contribution in [1.29, 1.82) is 0 Å². The van der Waals surface area contributed by atoms with Gasteiger partial charge in [-0.15, -0.1) is 0 Å². The van der Waals surface area contributed by atoms with E-state index in [2.05, 4.69) is 45.3 Å². The van der Waals surface area contributed by atoms with E-state index in [9.17, 15) is 4.79 Å². The Kier molecular flexibility index (Phi) is 5.48. The van der Waals surface area contributed by atoms with Gasteiger partial charge in [-0.1, -0.05) is 19.3 Å². The van der Waals surface area contributed by atoms with Crippen LogP contribution in [-0.4, -0.2) is 20.4 Å². The molecule has 1 aliphatic rings. The topological polar surface area (TPSA) is 71.8 Å². The summed E-state index contributed by atoms with van der Waals surface area (Å²) < 4.78 is 2.44. The quantitative estimate of drug-likeness (QED) is 0.645. The van der Waals surface area contributed by atoms with E-state index in [4.69, 9.17) is 0 Å². The number of carbonyl (C=O) groups is 1. The third kappa shape index (κ3) is 4.26. The van der Waals surface area contributed by atoms with Crippen molar-refractivity contribution in [2.45, 2.75) is 52.0 Å². The second kappa shape index (κ2) is 7.96. The molecule has 2 aromatic rings. The minimum Gasteiger partial charge on any atom is -0.346 e. The molecule has 1 saturated carbocycles. The van der Waals surface area contributed by atoms with Crippen LogP contribution in [0.3, 0.4) is 0 Å². The number of aryl methyl sites for hydroxylation is 1. The number of amides is 1. The van der Waals surface area contributed by atoms with Crippen LogP contribution >= 0.6 is 0 Å². The average molecular weight is 339 g/mol. The van der Waals surface area contributed by atoms with E-state index in [1.807, 2.05) is 6.08 Å². The maximum absolute atomic E-state index is 12.0. The Morgan fingerprint density at radius 2 is 1.92 bits per heavy atom. The van der Waals surface area contributed by atoms with Gasteiger partial charge in [-0.05, 0) is 50.5 Å². The molecule has 1 fully saturated rings. The standard InChI is InChI=1S/C19H25N5O/c1-14-13-16(15(2)24(14)17-7-4-3-5-8-17)9-10-18(25)22-23-19-20-11-6-12-21-19/h6,9-13,17H,3-5,7-8H2,1-2H3,(H,22,25)(H,20,21,23)/b10-9-. The number of anilines is 1. The fraction of sp³-hybridized carbons (Fsp3) is 0.421. The van der Waals surface area contributed by atoms with E-state index in [-0.39, 0.29) is 5.91 Å². The summed E-state index contributed by atoms with van der Waals surface area (Å²) in [7, 11) is 0. The number of hydrogen-bond donors (Lipinski definition) is 2. The van der Waals surface area contributed by atoms with E-state index >= 15 is 0 Å². The molecular weight excluding hydrogens is 314 g/mol. The molecule has 0 saturated heterocycles. The zero-order valence-electron chi connectivity index (χ0n) is 14.8. The molecule has 2 N–H and O–H groups in total. The molecule has 132 valence electrons. The molecule has 0 unspecified atom stereocenters. The maximum atomic E-state index is 12.0. The summed E-state index contributed by atoms with van der Waals surface area (Å²) in [6.07, 6.45) is 13.1. The van der Waals surface area contributed by atoms with Crippen molar-refractivity contribution < 1.29 is 4.79 Å². The number of hydrazine groups is 1. The van der Waals surface area contributed by atoms with Gasteiger partial charge in [0.1, 0.15) is 0 Å². The van der Waals surface area contributed by atoms with Gasteiger partial charge in [0.25, 0.3) is 5.91 Å². The van der Waals surface area contributed by atoms with Crippen molar-refractivity contribution in [1.82, 2.24) is 20.0 Å². The monoisotopic (exact) mass is 339 g/mol. The molecule has 6 heteroatoms. The van der Waals surface area contributed by atoms with Gasteiger partial charge in [-0.2, -0.15) is 0 Å². The molecule has 2 heterocycles. The van der Waals surface area contributed by atoms with Gasteiger partial charge in [0, 0.05) is 35.9 Å². The summed E-state index contributed by atoms with van der Waals surface area (Å²) in [5.74, 6) is 0.120. The third-order valence-electron chi connectivity index (χ3n) is 4.74. The first-order chi connectivity index (χ1) is 12.1. The third-order valence-corrected chi connectivity index (χ3v) is 4.74. The Hall–Kier alpha value is -2.63. The van der Waals surface area contributed by atoms with Crippen molar-refractivity contribution in [3.8, 4) is 0 Å². The van der Waals surface area contributed by atoms with E-state index < -0.39 is 0 Å². The molecule has 6 nitrogen and oxygen atoms in total. The number of nitrogens with one attached hydrogen (secondary N) is 2. The second-order valence-electron chi connectivity index (χ2n) is 6.51. The SMILES string of the molecule is Cc1cc(/C=C\C(=O)NNc2ncccn2)c(C)n1C1CCCCC1. The van der Waals surface area contributed by atoms with Crippen LogP contribution in [0, 0.1) is 13.8 Å². The Morgan fingerprint density at radius 3 is 2.64 bits per heavy atom.